The summed E-state index contributed by atoms with van der Waals surface area (Å²) in [6.45, 7) is 3.05. The molecule has 2 heteroatoms. The van der Waals surface area contributed by atoms with Crippen LogP contribution in [0, 0.1) is 6.92 Å². The highest BCUT2D eigenvalue weighted by atomic mass is 14.9. The molecule has 3 N–H and O–H groups in total. The van der Waals surface area contributed by atoms with E-state index in [4.69, 9.17) is 5.73 Å². The van der Waals surface area contributed by atoms with Crippen molar-refractivity contribution in [3.05, 3.63) is 29.3 Å². The Morgan fingerprint density at radius 1 is 1.18 bits per heavy atom. The van der Waals surface area contributed by atoms with E-state index in [1.165, 1.54) is 49.7 Å². The first kappa shape index (κ1) is 12.4. The Balaban J connectivity index is 1.85. The van der Waals surface area contributed by atoms with Gasteiger partial charge >= 0.3 is 0 Å². The molecule has 0 spiro atoms. The number of nitrogen functional groups attached to an aromatic ring is 1. The quantitative estimate of drug-likeness (QED) is 0.619. The monoisotopic (exact) mass is 232 g/mol. The molecule has 1 aromatic rings. The van der Waals surface area contributed by atoms with Crippen LogP contribution < -0.4 is 11.1 Å². The van der Waals surface area contributed by atoms with Gasteiger partial charge in [-0.25, -0.2) is 0 Å². The average Bonchev–Trinajstić information content (AvgIpc) is 2.59. The van der Waals surface area contributed by atoms with Gasteiger partial charge in [-0.3, -0.25) is 0 Å². The van der Waals surface area contributed by atoms with Crippen molar-refractivity contribution in [3.63, 3.8) is 0 Å². The largest absolute Gasteiger partial charge is 0.399 e. The van der Waals surface area contributed by atoms with Gasteiger partial charge in [0.1, 0.15) is 0 Å². The van der Waals surface area contributed by atoms with Gasteiger partial charge in [0, 0.05) is 18.3 Å². The molecule has 17 heavy (non-hydrogen) atoms. The number of benzene rings is 1. The highest BCUT2D eigenvalue weighted by Crippen LogP contribution is 2.18. The van der Waals surface area contributed by atoms with Crippen LogP contribution in [0.4, 0.5) is 5.69 Å². The van der Waals surface area contributed by atoms with E-state index in [1.54, 1.807) is 0 Å². The standard InChI is InChI=1S/C15H24N2/c1-12-10-13(8-9-15(12)16)11-17-14-6-4-2-3-5-7-14/h8-10,14,17H,2-7,11,16H2,1H3. The summed E-state index contributed by atoms with van der Waals surface area (Å²) in [5.74, 6) is 0. The van der Waals surface area contributed by atoms with Gasteiger partial charge in [-0.1, -0.05) is 37.8 Å². The third kappa shape index (κ3) is 3.74. The average molecular weight is 232 g/mol. The van der Waals surface area contributed by atoms with Gasteiger partial charge < -0.3 is 11.1 Å². The number of rotatable bonds is 3. The van der Waals surface area contributed by atoms with E-state index in [9.17, 15) is 0 Å². The van der Waals surface area contributed by atoms with Crippen LogP contribution in [0.3, 0.4) is 0 Å². The SMILES string of the molecule is Cc1cc(CNC2CCCCCC2)ccc1N. The zero-order valence-electron chi connectivity index (χ0n) is 10.8. The van der Waals surface area contributed by atoms with E-state index in [-0.39, 0.29) is 0 Å². The highest BCUT2D eigenvalue weighted by Gasteiger charge is 2.11. The number of anilines is 1. The second-order valence-electron chi connectivity index (χ2n) is 5.26. The Bertz CT molecular complexity index is 352. The van der Waals surface area contributed by atoms with Gasteiger partial charge in [-0.05, 0) is 37.0 Å². The molecule has 0 aliphatic heterocycles. The second-order valence-corrected chi connectivity index (χ2v) is 5.26. The molecule has 0 aromatic heterocycles. The maximum Gasteiger partial charge on any atom is 0.0343 e. The third-order valence-corrected chi connectivity index (χ3v) is 3.78. The van der Waals surface area contributed by atoms with Crippen molar-refractivity contribution in [2.24, 2.45) is 0 Å². The zero-order chi connectivity index (χ0) is 12.1. The lowest BCUT2D eigenvalue weighted by Crippen LogP contribution is -2.27. The van der Waals surface area contributed by atoms with Gasteiger partial charge in [0.05, 0.1) is 0 Å². The number of nitrogens with two attached hydrogens (primary N) is 1. The van der Waals surface area contributed by atoms with E-state index in [0.29, 0.717) is 0 Å². The minimum Gasteiger partial charge on any atom is -0.399 e. The number of nitrogens with one attached hydrogen (secondary N) is 1. The lowest BCUT2D eigenvalue weighted by atomic mass is 10.1. The lowest BCUT2D eigenvalue weighted by Gasteiger charge is -2.16. The van der Waals surface area contributed by atoms with Gasteiger partial charge in [0.25, 0.3) is 0 Å². The Morgan fingerprint density at radius 2 is 1.88 bits per heavy atom. The predicted molar refractivity (Wildman–Crippen MR) is 73.9 cm³/mol. The molecular weight excluding hydrogens is 208 g/mol. The molecule has 0 heterocycles. The van der Waals surface area contributed by atoms with E-state index in [1.807, 2.05) is 6.07 Å². The van der Waals surface area contributed by atoms with Crippen LogP contribution in [0.25, 0.3) is 0 Å². The number of hydrogen-bond donors (Lipinski definition) is 2. The molecule has 0 amide bonds. The van der Waals surface area contributed by atoms with Crippen LogP contribution in [0.1, 0.15) is 49.7 Å². The van der Waals surface area contributed by atoms with Crippen molar-refractivity contribution in [3.8, 4) is 0 Å². The van der Waals surface area contributed by atoms with E-state index < -0.39 is 0 Å². The van der Waals surface area contributed by atoms with Crippen molar-refractivity contribution in [2.45, 2.75) is 58.0 Å². The van der Waals surface area contributed by atoms with E-state index in [0.717, 1.165) is 18.3 Å². The molecule has 1 aromatic carbocycles. The summed E-state index contributed by atoms with van der Waals surface area (Å²) < 4.78 is 0. The molecule has 0 atom stereocenters. The summed E-state index contributed by atoms with van der Waals surface area (Å²) in [6, 6.07) is 7.06. The van der Waals surface area contributed by atoms with Gasteiger partial charge in [-0.2, -0.15) is 0 Å². The molecule has 1 aliphatic rings. The van der Waals surface area contributed by atoms with E-state index in [2.05, 4.69) is 24.4 Å². The topological polar surface area (TPSA) is 38.0 Å². The summed E-state index contributed by atoms with van der Waals surface area (Å²) in [5.41, 5.74) is 9.25. The molecule has 1 fully saturated rings. The van der Waals surface area contributed by atoms with Crippen molar-refractivity contribution in [1.29, 1.82) is 0 Å². The lowest BCUT2D eigenvalue weighted by molar-refractivity contribution is 0.459. The molecule has 2 rings (SSSR count). The molecule has 0 unspecified atom stereocenters. The molecule has 0 saturated heterocycles. The molecular formula is C15H24N2. The Kier molecular flexibility index (Phi) is 4.43. The van der Waals surface area contributed by atoms with Crippen LogP contribution in [0.2, 0.25) is 0 Å². The molecule has 0 bridgehead atoms. The van der Waals surface area contributed by atoms with E-state index >= 15 is 0 Å². The molecule has 1 saturated carbocycles. The summed E-state index contributed by atoms with van der Waals surface area (Å²) >= 11 is 0. The smallest absolute Gasteiger partial charge is 0.0343 e. The fraction of sp³-hybridized carbons (Fsp3) is 0.600. The van der Waals surface area contributed by atoms with Crippen molar-refractivity contribution in [2.75, 3.05) is 5.73 Å². The minimum atomic E-state index is 0.718. The van der Waals surface area contributed by atoms with Crippen LogP contribution in [0.5, 0.6) is 0 Å². The summed E-state index contributed by atoms with van der Waals surface area (Å²) in [7, 11) is 0. The zero-order valence-corrected chi connectivity index (χ0v) is 10.8. The third-order valence-electron chi connectivity index (χ3n) is 3.78. The fourth-order valence-corrected chi connectivity index (χ4v) is 2.59. The van der Waals surface area contributed by atoms with Crippen LogP contribution >= 0.6 is 0 Å². The first-order valence-electron chi connectivity index (χ1n) is 6.84. The van der Waals surface area contributed by atoms with Crippen LogP contribution in [0.15, 0.2) is 18.2 Å². The first-order chi connectivity index (χ1) is 8.25. The molecule has 2 nitrogen and oxygen atoms in total. The Labute approximate surface area is 105 Å². The van der Waals surface area contributed by atoms with Crippen molar-refractivity contribution >= 4 is 5.69 Å². The summed E-state index contributed by atoms with van der Waals surface area (Å²) in [4.78, 5) is 0. The van der Waals surface area contributed by atoms with Crippen LogP contribution in [-0.4, -0.2) is 6.04 Å². The van der Waals surface area contributed by atoms with Crippen molar-refractivity contribution in [1.82, 2.24) is 5.32 Å². The van der Waals surface area contributed by atoms with Gasteiger partial charge in [0.2, 0.25) is 0 Å². The predicted octanol–water partition coefficient (Wildman–Crippen LogP) is 3.39. The normalized spacial score (nSPS) is 17.9. The second kappa shape index (κ2) is 6.06. The van der Waals surface area contributed by atoms with Crippen LogP contribution in [-0.2, 0) is 6.54 Å². The molecule has 0 radical (unpaired) electrons. The summed E-state index contributed by atoms with van der Waals surface area (Å²) in [5, 5.41) is 3.68. The maximum absolute atomic E-state index is 5.83. The Morgan fingerprint density at radius 3 is 2.53 bits per heavy atom. The fourth-order valence-electron chi connectivity index (χ4n) is 2.59. The number of hydrogen-bond acceptors (Lipinski definition) is 2. The minimum absolute atomic E-state index is 0.718. The molecule has 94 valence electrons. The Hall–Kier alpha value is -1.02. The van der Waals surface area contributed by atoms with Crippen molar-refractivity contribution < 1.29 is 0 Å². The highest BCUT2D eigenvalue weighted by molar-refractivity contribution is 5.47. The summed E-state index contributed by atoms with van der Waals surface area (Å²) in [6.07, 6.45) is 8.29. The number of aryl methyl sites for hydroxylation is 1. The van der Waals surface area contributed by atoms with Gasteiger partial charge in [-0.15, -0.1) is 0 Å². The first-order valence-corrected chi connectivity index (χ1v) is 6.84. The van der Waals surface area contributed by atoms with Gasteiger partial charge in [0.15, 0.2) is 0 Å². The molecule has 1 aliphatic carbocycles. The maximum atomic E-state index is 5.83.